The molecule has 0 atom stereocenters. The quantitative estimate of drug-likeness (QED) is 0.779. The molecule has 2 N–H and O–H groups in total. The van der Waals surface area contributed by atoms with Crippen LogP contribution in [0.4, 0.5) is 5.69 Å². The summed E-state index contributed by atoms with van der Waals surface area (Å²) in [5.74, 6) is 0.162. The van der Waals surface area contributed by atoms with E-state index in [1.54, 1.807) is 4.90 Å². The Labute approximate surface area is 109 Å². The van der Waals surface area contributed by atoms with Crippen molar-refractivity contribution in [2.45, 2.75) is 20.4 Å². The highest BCUT2D eigenvalue weighted by Crippen LogP contribution is 2.08. The monoisotopic (exact) mass is 249 g/mol. The molecule has 1 aromatic carbocycles. The van der Waals surface area contributed by atoms with Crippen LogP contribution in [-0.2, 0) is 11.3 Å². The second kappa shape index (κ2) is 7.01. The Kier molecular flexibility index (Phi) is 5.65. The molecule has 1 rings (SSSR count). The molecule has 0 aliphatic heterocycles. The molecule has 0 bridgehead atoms. The minimum atomic E-state index is 0.162. The molecule has 0 aliphatic rings. The maximum Gasteiger partial charge on any atom is 0.236 e. The van der Waals surface area contributed by atoms with Crippen molar-refractivity contribution in [2.24, 2.45) is 0 Å². The van der Waals surface area contributed by atoms with Gasteiger partial charge in [-0.2, -0.15) is 0 Å². The number of likely N-dealkylation sites (N-methyl/N-ethyl adjacent to an activating group) is 2. The van der Waals surface area contributed by atoms with Gasteiger partial charge in [-0.15, -0.1) is 0 Å². The lowest BCUT2D eigenvalue weighted by molar-refractivity contribution is -0.131. The molecule has 0 radical (unpaired) electrons. The van der Waals surface area contributed by atoms with Crippen molar-refractivity contribution < 1.29 is 4.79 Å². The number of carbonyl (C=O) groups excluding carboxylic acids is 1. The van der Waals surface area contributed by atoms with Gasteiger partial charge < -0.3 is 10.6 Å². The highest BCUT2D eigenvalue weighted by atomic mass is 16.2. The summed E-state index contributed by atoms with van der Waals surface area (Å²) in [5.41, 5.74) is 7.60. The lowest BCUT2D eigenvalue weighted by Crippen LogP contribution is -2.37. The number of nitrogens with zero attached hydrogens (tertiary/aromatic N) is 2. The standard InChI is InChI=1S/C14H23N3O/c1-4-16(3)14(18)11-17(5-2)10-12-6-8-13(15)9-7-12/h6-9H,4-5,10-11,15H2,1-3H3. The van der Waals surface area contributed by atoms with Crippen LogP contribution in [-0.4, -0.2) is 42.4 Å². The number of hydrogen-bond acceptors (Lipinski definition) is 3. The van der Waals surface area contributed by atoms with E-state index in [1.165, 1.54) is 5.56 Å². The molecule has 1 aromatic rings. The van der Waals surface area contributed by atoms with Crippen molar-refractivity contribution in [3.63, 3.8) is 0 Å². The van der Waals surface area contributed by atoms with Crippen LogP contribution < -0.4 is 5.73 Å². The zero-order valence-electron chi connectivity index (χ0n) is 11.5. The lowest BCUT2D eigenvalue weighted by atomic mass is 10.2. The first-order chi connectivity index (χ1) is 8.56. The summed E-state index contributed by atoms with van der Waals surface area (Å²) in [5, 5.41) is 0. The summed E-state index contributed by atoms with van der Waals surface area (Å²) in [6.45, 7) is 6.89. The minimum absolute atomic E-state index is 0.162. The Hall–Kier alpha value is -1.55. The molecule has 0 saturated carbocycles. The van der Waals surface area contributed by atoms with E-state index < -0.39 is 0 Å². The SMILES string of the molecule is CCN(CC(=O)N(C)CC)Cc1ccc(N)cc1. The molecule has 0 aromatic heterocycles. The first-order valence-electron chi connectivity index (χ1n) is 6.37. The van der Waals surface area contributed by atoms with Gasteiger partial charge >= 0.3 is 0 Å². The van der Waals surface area contributed by atoms with Crippen LogP contribution in [0.2, 0.25) is 0 Å². The fraction of sp³-hybridized carbons (Fsp3) is 0.500. The smallest absolute Gasteiger partial charge is 0.236 e. The lowest BCUT2D eigenvalue weighted by Gasteiger charge is -2.23. The predicted molar refractivity (Wildman–Crippen MR) is 75.1 cm³/mol. The average Bonchev–Trinajstić information content (AvgIpc) is 2.39. The van der Waals surface area contributed by atoms with Crippen LogP contribution in [0.1, 0.15) is 19.4 Å². The second-order valence-electron chi connectivity index (χ2n) is 4.45. The normalized spacial score (nSPS) is 10.7. The molecular weight excluding hydrogens is 226 g/mol. The maximum absolute atomic E-state index is 11.9. The van der Waals surface area contributed by atoms with Crippen molar-refractivity contribution in [1.82, 2.24) is 9.80 Å². The van der Waals surface area contributed by atoms with Crippen molar-refractivity contribution in [2.75, 3.05) is 32.4 Å². The Morgan fingerprint density at radius 2 is 1.78 bits per heavy atom. The number of hydrogen-bond donors (Lipinski definition) is 1. The zero-order valence-corrected chi connectivity index (χ0v) is 11.5. The summed E-state index contributed by atoms with van der Waals surface area (Å²) in [6.07, 6.45) is 0. The van der Waals surface area contributed by atoms with Crippen LogP contribution >= 0.6 is 0 Å². The van der Waals surface area contributed by atoms with E-state index in [2.05, 4.69) is 11.8 Å². The van der Waals surface area contributed by atoms with Gasteiger partial charge in [-0.1, -0.05) is 19.1 Å². The molecule has 0 unspecified atom stereocenters. The van der Waals surface area contributed by atoms with Gasteiger partial charge in [0, 0.05) is 25.8 Å². The number of carbonyl (C=O) groups is 1. The number of amides is 1. The molecular formula is C14H23N3O. The number of nitrogens with two attached hydrogens (primary N) is 1. The van der Waals surface area contributed by atoms with E-state index in [0.717, 1.165) is 25.3 Å². The first kappa shape index (κ1) is 14.5. The molecule has 4 heteroatoms. The van der Waals surface area contributed by atoms with Gasteiger partial charge in [-0.3, -0.25) is 9.69 Å². The van der Waals surface area contributed by atoms with Gasteiger partial charge in [0.25, 0.3) is 0 Å². The Morgan fingerprint density at radius 3 is 2.28 bits per heavy atom. The molecule has 0 fully saturated rings. The van der Waals surface area contributed by atoms with Gasteiger partial charge in [0.15, 0.2) is 0 Å². The highest BCUT2D eigenvalue weighted by molar-refractivity contribution is 5.77. The van der Waals surface area contributed by atoms with E-state index >= 15 is 0 Å². The molecule has 18 heavy (non-hydrogen) atoms. The number of benzene rings is 1. The third-order valence-corrected chi connectivity index (χ3v) is 3.09. The summed E-state index contributed by atoms with van der Waals surface area (Å²) in [4.78, 5) is 15.7. The molecule has 0 heterocycles. The first-order valence-corrected chi connectivity index (χ1v) is 6.37. The molecule has 100 valence electrons. The molecule has 4 nitrogen and oxygen atoms in total. The van der Waals surface area contributed by atoms with E-state index in [4.69, 9.17) is 5.73 Å². The van der Waals surface area contributed by atoms with Gasteiger partial charge in [-0.05, 0) is 31.2 Å². The number of nitrogen functional groups attached to an aromatic ring is 1. The Bertz CT molecular complexity index is 375. The van der Waals surface area contributed by atoms with E-state index in [9.17, 15) is 4.79 Å². The van der Waals surface area contributed by atoms with Crippen LogP contribution in [0, 0.1) is 0 Å². The molecule has 0 spiro atoms. The predicted octanol–water partition coefficient (Wildman–Crippen LogP) is 1.57. The summed E-state index contributed by atoms with van der Waals surface area (Å²) < 4.78 is 0. The van der Waals surface area contributed by atoms with Crippen LogP contribution in [0.3, 0.4) is 0 Å². The van der Waals surface area contributed by atoms with E-state index in [-0.39, 0.29) is 5.91 Å². The van der Waals surface area contributed by atoms with Gasteiger partial charge in [-0.25, -0.2) is 0 Å². The van der Waals surface area contributed by atoms with Gasteiger partial charge in [0.05, 0.1) is 6.54 Å². The van der Waals surface area contributed by atoms with Crippen molar-refractivity contribution in [3.05, 3.63) is 29.8 Å². The number of anilines is 1. The van der Waals surface area contributed by atoms with Crippen LogP contribution in [0.5, 0.6) is 0 Å². The number of rotatable bonds is 6. The average molecular weight is 249 g/mol. The fourth-order valence-electron chi connectivity index (χ4n) is 1.65. The fourth-order valence-corrected chi connectivity index (χ4v) is 1.65. The third-order valence-electron chi connectivity index (χ3n) is 3.09. The van der Waals surface area contributed by atoms with Crippen molar-refractivity contribution in [3.8, 4) is 0 Å². The molecule has 1 amide bonds. The van der Waals surface area contributed by atoms with Crippen molar-refractivity contribution in [1.29, 1.82) is 0 Å². The zero-order chi connectivity index (χ0) is 13.5. The summed E-state index contributed by atoms with van der Waals surface area (Å²) in [7, 11) is 1.83. The molecule has 0 saturated heterocycles. The maximum atomic E-state index is 11.9. The summed E-state index contributed by atoms with van der Waals surface area (Å²) >= 11 is 0. The molecule has 0 aliphatic carbocycles. The van der Waals surface area contributed by atoms with Gasteiger partial charge in [0.1, 0.15) is 0 Å². The Balaban J connectivity index is 2.56. The Morgan fingerprint density at radius 1 is 1.17 bits per heavy atom. The van der Waals surface area contributed by atoms with Crippen LogP contribution in [0.25, 0.3) is 0 Å². The van der Waals surface area contributed by atoms with Crippen LogP contribution in [0.15, 0.2) is 24.3 Å². The van der Waals surface area contributed by atoms with E-state index in [1.807, 2.05) is 38.2 Å². The van der Waals surface area contributed by atoms with Gasteiger partial charge in [0.2, 0.25) is 5.91 Å². The minimum Gasteiger partial charge on any atom is -0.399 e. The topological polar surface area (TPSA) is 49.6 Å². The van der Waals surface area contributed by atoms with Crippen molar-refractivity contribution >= 4 is 11.6 Å². The van der Waals surface area contributed by atoms with E-state index in [0.29, 0.717) is 6.54 Å². The third kappa shape index (κ3) is 4.37. The summed E-state index contributed by atoms with van der Waals surface area (Å²) in [6, 6.07) is 7.80. The largest absolute Gasteiger partial charge is 0.399 e. The second-order valence-corrected chi connectivity index (χ2v) is 4.45. The highest BCUT2D eigenvalue weighted by Gasteiger charge is 2.12.